The third kappa shape index (κ3) is 6.42. The number of hydrogen-bond acceptors (Lipinski definition) is 1. The lowest BCUT2D eigenvalue weighted by atomic mass is 9.89. The summed E-state index contributed by atoms with van der Waals surface area (Å²) in [4.78, 5) is 0. The Bertz CT molecular complexity index is 116. The SMILES string of the molecule is CCC(CC)CC(CC)CNC(C)C. The minimum atomic E-state index is 0.630. The van der Waals surface area contributed by atoms with E-state index in [4.69, 9.17) is 0 Å². The van der Waals surface area contributed by atoms with Crippen LogP contribution >= 0.6 is 0 Å². The summed E-state index contributed by atoms with van der Waals surface area (Å²) in [5.41, 5.74) is 0. The summed E-state index contributed by atoms with van der Waals surface area (Å²) in [6.07, 6.45) is 5.41. The van der Waals surface area contributed by atoms with Crippen molar-refractivity contribution < 1.29 is 0 Å². The van der Waals surface area contributed by atoms with Crippen molar-refractivity contribution in [3.8, 4) is 0 Å². The summed E-state index contributed by atoms with van der Waals surface area (Å²) in [5, 5.41) is 3.55. The van der Waals surface area contributed by atoms with Crippen LogP contribution in [0.25, 0.3) is 0 Å². The third-order valence-corrected chi connectivity index (χ3v) is 3.21. The lowest BCUT2D eigenvalue weighted by Crippen LogP contribution is -2.29. The van der Waals surface area contributed by atoms with E-state index in [2.05, 4.69) is 39.9 Å². The Labute approximate surface area is 90.7 Å². The smallest absolute Gasteiger partial charge is 0.00104 e. The topological polar surface area (TPSA) is 12.0 Å². The van der Waals surface area contributed by atoms with E-state index in [1.165, 1.54) is 32.2 Å². The minimum absolute atomic E-state index is 0.630. The van der Waals surface area contributed by atoms with E-state index in [0.29, 0.717) is 6.04 Å². The molecule has 1 nitrogen and oxygen atoms in total. The molecule has 14 heavy (non-hydrogen) atoms. The molecule has 0 spiro atoms. The predicted molar refractivity (Wildman–Crippen MR) is 65.6 cm³/mol. The fourth-order valence-corrected chi connectivity index (χ4v) is 1.89. The summed E-state index contributed by atoms with van der Waals surface area (Å²) >= 11 is 0. The second kappa shape index (κ2) is 8.28. The Hall–Kier alpha value is -0.0400. The maximum Gasteiger partial charge on any atom is 0.00104 e. The predicted octanol–water partition coefficient (Wildman–Crippen LogP) is 3.84. The van der Waals surface area contributed by atoms with Crippen molar-refractivity contribution in [2.75, 3.05) is 6.54 Å². The monoisotopic (exact) mass is 199 g/mol. The van der Waals surface area contributed by atoms with Gasteiger partial charge in [-0.15, -0.1) is 0 Å². The van der Waals surface area contributed by atoms with Crippen LogP contribution in [0.15, 0.2) is 0 Å². The van der Waals surface area contributed by atoms with E-state index in [1.807, 2.05) is 0 Å². The molecule has 1 atom stereocenters. The van der Waals surface area contributed by atoms with Gasteiger partial charge in [0.25, 0.3) is 0 Å². The first kappa shape index (κ1) is 14.0. The van der Waals surface area contributed by atoms with Crippen molar-refractivity contribution in [2.24, 2.45) is 11.8 Å². The minimum Gasteiger partial charge on any atom is -0.314 e. The van der Waals surface area contributed by atoms with Crippen molar-refractivity contribution in [1.29, 1.82) is 0 Å². The van der Waals surface area contributed by atoms with Gasteiger partial charge in [-0.05, 0) is 24.8 Å². The average Bonchev–Trinajstić information content (AvgIpc) is 2.18. The zero-order valence-corrected chi connectivity index (χ0v) is 10.8. The van der Waals surface area contributed by atoms with Gasteiger partial charge in [0.05, 0.1) is 0 Å². The second-order valence-electron chi connectivity index (χ2n) is 4.76. The molecule has 86 valence electrons. The molecule has 0 aliphatic rings. The normalized spacial score (nSPS) is 13.9. The molecule has 0 rings (SSSR count). The quantitative estimate of drug-likeness (QED) is 0.626. The maximum atomic E-state index is 3.55. The van der Waals surface area contributed by atoms with Gasteiger partial charge in [-0.25, -0.2) is 0 Å². The zero-order chi connectivity index (χ0) is 11.0. The van der Waals surface area contributed by atoms with Crippen LogP contribution < -0.4 is 5.32 Å². The van der Waals surface area contributed by atoms with Gasteiger partial charge in [0.2, 0.25) is 0 Å². The molecule has 0 heterocycles. The molecule has 0 aliphatic carbocycles. The van der Waals surface area contributed by atoms with E-state index in [1.54, 1.807) is 0 Å². The van der Waals surface area contributed by atoms with Crippen LogP contribution in [0.4, 0.5) is 0 Å². The van der Waals surface area contributed by atoms with Crippen molar-refractivity contribution in [3.05, 3.63) is 0 Å². The van der Waals surface area contributed by atoms with Gasteiger partial charge in [-0.1, -0.05) is 53.9 Å². The third-order valence-electron chi connectivity index (χ3n) is 3.21. The molecule has 0 saturated carbocycles. The zero-order valence-electron chi connectivity index (χ0n) is 10.8. The van der Waals surface area contributed by atoms with Crippen molar-refractivity contribution in [2.45, 2.75) is 66.3 Å². The van der Waals surface area contributed by atoms with Crippen LogP contribution in [0.3, 0.4) is 0 Å². The summed E-state index contributed by atoms with van der Waals surface area (Å²) in [6.45, 7) is 12.6. The Kier molecular flexibility index (Phi) is 8.26. The number of rotatable bonds is 8. The largest absolute Gasteiger partial charge is 0.314 e. The van der Waals surface area contributed by atoms with Crippen LogP contribution in [0.5, 0.6) is 0 Å². The molecule has 0 saturated heterocycles. The molecule has 0 amide bonds. The van der Waals surface area contributed by atoms with E-state index < -0.39 is 0 Å². The summed E-state index contributed by atoms with van der Waals surface area (Å²) in [7, 11) is 0. The van der Waals surface area contributed by atoms with Gasteiger partial charge in [0.15, 0.2) is 0 Å². The van der Waals surface area contributed by atoms with Gasteiger partial charge < -0.3 is 5.32 Å². The summed E-state index contributed by atoms with van der Waals surface area (Å²) < 4.78 is 0. The van der Waals surface area contributed by atoms with E-state index in [-0.39, 0.29) is 0 Å². The first-order valence-electron chi connectivity index (χ1n) is 6.37. The molecule has 0 bridgehead atoms. The highest BCUT2D eigenvalue weighted by molar-refractivity contribution is 4.67. The van der Waals surface area contributed by atoms with Crippen LogP contribution in [0, 0.1) is 11.8 Å². The van der Waals surface area contributed by atoms with E-state index in [9.17, 15) is 0 Å². The van der Waals surface area contributed by atoms with Gasteiger partial charge in [-0.3, -0.25) is 0 Å². The Morgan fingerprint density at radius 1 is 0.857 bits per heavy atom. The highest BCUT2D eigenvalue weighted by Gasteiger charge is 2.12. The molecule has 1 N–H and O–H groups in total. The Morgan fingerprint density at radius 3 is 1.71 bits per heavy atom. The molecular weight excluding hydrogens is 170 g/mol. The van der Waals surface area contributed by atoms with Gasteiger partial charge in [-0.2, -0.15) is 0 Å². The highest BCUT2D eigenvalue weighted by Crippen LogP contribution is 2.20. The Balaban J connectivity index is 3.76. The Morgan fingerprint density at radius 2 is 1.36 bits per heavy atom. The lowest BCUT2D eigenvalue weighted by molar-refractivity contribution is 0.326. The molecule has 0 fully saturated rings. The van der Waals surface area contributed by atoms with Crippen LogP contribution in [-0.2, 0) is 0 Å². The molecule has 1 unspecified atom stereocenters. The lowest BCUT2D eigenvalue weighted by Gasteiger charge is -2.22. The maximum absolute atomic E-state index is 3.55. The molecule has 0 aliphatic heterocycles. The van der Waals surface area contributed by atoms with Crippen molar-refractivity contribution in [1.82, 2.24) is 5.32 Å². The second-order valence-corrected chi connectivity index (χ2v) is 4.76. The fourth-order valence-electron chi connectivity index (χ4n) is 1.89. The van der Waals surface area contributed by atoms with Gasteiger partial charge >= 0.3 is 0 Å². The molecule has 0 aromatic rings. The summed E-state index contributed by atoms with van der Waals surface area (Å²) in [6, 6.07) is 0.630. The molecule has 0 aromatic carbocycles. The van der Waals surface area contributed by atoms with E-state index in [0.717, 1.165) is 11.8 Å². The first-order chi connectivity index (χ1) is 6.63. The molecule has 1 heteroatoms. The number of hydrogen-bond donors (Lipinski definition) is 1. The average molecular weight is 199 g/mol. The van der Waals surface area contributed by atoms with E-state index >= 15 is 0 Å². The van der Waals surface area contributed by atoms with Crippen molar-refractivity contribution >= 4 is 0 Å². The summed E-state index contributed by atoms with van der Waals surface area (Å²) in [5.74, 6) is 1.82. The number of nitrogens with one attached hydrogen (secondary N) is 1. The fraction of sp³-hybridized carbons (Fsp3) is 1.00. The van der Waals surface area contributed by atoms with Crippen LogP contribution in [0.2, 0.25) is 0 Å². The van der Waals surface area contributed by atoms with Crippen LogP contribution in [-0.4, -0.2) is 12.6 Å². The standard InChI is InChI=1S/C13H29N/c1-6-12(7-2)9-13(8-3)10-14-11(4)5/h11-14H,6-10H2,1-5H3. The first-order valence-corrected chi connectivity index (χ1v) is 6.37. The highest BCUT2D eigenvalue weighted by atomic mass is 14.9. The van der Waals surface area contributed by atoms with Crippen molar-refractivity contribution in [3.63, 3.8) is 0 Å². The van der Waals surface area contributed by atoms with Gasteiger partial charge in [0, 0.05) is 6.04 Å². The molecule has 0 aromatic heterocycles. The van der Waals surface area contributed by atoms with Crippen LogP contribution in [0.1, 0.15) is 60.3 Å². The molecule has 0 radical (unpaired) electrons. The van der Waals surface area contributed by atoms with Gasteiger partial charge in [0.1, 0.15) is 0 Å². The molecular formula is C13H29N.